The van der Waals surface area contributed by atoms with Gasteiger partial charge in [-0.25, -0.2) is 0 Å². The van der Waals surface area contributed by atoms with Crippen LogP contribution in [-0.2, 0) is 9.59 Å². The first-order valence-corrected chi connectivity index (χ1v) is 11.6. The van der Waals surface area contributed by atoms with E-state index in [-0.39, 0.29) is 24.5 Å². The number of aliphatic hydroxyl groups is 1. The molecule has 6 heteroatoms. The Morgan fingerprint density at radius 2 is 1.66 bits per heavy atom. The maximum atomic E-state index is 13.1. The van der Waals surface area contributed by atoms with E-state index in [0.29, 0.717) is 28.3 Å². The molecule has 0 spiro atoms. The fourth-order valence-electron chi connectivity index (χ4n) is 3.32. The quantitative estimate of drug-likeness (QED) is 0.373. The van der Waals surface area contributed by atoms with Gasteiger partial charge in [0.25, 0.3) is 11.8 Å². The number of ether oxygens (including phenoxy) is 1. The normalized spacial score (nSPS) is 14.4. The number of carbonyl (C=O) groups excluding carboxylic acids is 2. The SMILES string of the molecule is CCCCCCCCN1C(=O)C(SCCO)=C(c2ccc(OC(C)C)cc2)C1=O. The molecule has 5 nitrogen and oxygen atoms in total. The molecule has 1 aromatic carbocycles. The van der Waals surface area contributed by atoms with E-state index in [1.54, 1.807) is 0 Å². The topological polar surface area (TPSA) is 66.8 Å². The standard InChI is InChI=1S/C23H33NO4S/c1-4-5-6-7-8-9-14-24-22(26)20(21(23(24)27)29-16-15-25)18-10-12-19(13-11-18)28-17(2)3/h10-13,17,25H,4-9,14-16H2,1-3H3. The highest BCUT2D eigenvalue weighted by Gasteiger charge is 2.38. The number of thioether (sulfide) groups is 1. The lowest BCUT2D eigenvalue weighted by molar-refractivity contribution is -0.136. The molecule has 1 aliphatic rings. The number of rotatable bonds is 13. The summed E-state index contributed by atoms with van der Waals surface area (Å²) < 4.78 is 5.67. The Labute approximate surface area is 178 Å². The summed E-state index contributed by atoms with van der Waals surface area (Å²) in [6.07, 6.45) is 6.67. The molecule has 1 N–H and O–H groups in total. The van der Waals surface area contributed by atoms with Gasteiger partial charge in [-0.1, -0.05) is 51.2 Å². The van der Waals surface area contributed by atoms with Gasteiger partial charge in [-0.05, 0) is 38.0 Å². The summed E-state index contributed by atoms with van der Waals surface area (Å²) in [5.41, 5.74) is 1.15. The van der Waals surface area contributed by atoms with Crippen molar-refractivity contribution >= 4 is 29.1 Å². The lowest BCUT2D eigenvalue weighted by Gasteiger charge is -2.15. The van der Waals surface area contributed by atoms with Gasteiger partial charge in [0, 0.05) is 12.3 Å². The number of nitrogens with zero attached hydrogens (tertiary/aromatic N) is 1. The van der Waals surface area contributed by atoms with Crippen molar-refractivity contribution in [1.82, 2.24) is 4.90 Å². The zero-order chi connectivity index (χ0) is 21.2. The molecule has 0 saturated heterocycles. The molecule has 2 rings (SSSR count). The van der Waals surface area contributed by atoms with Gasteiger partial charge in [-0.15, -0.1) is 11.8 Å². The van der Waals surface area contributed by atoms with E-state index in [0.717, 1.165) is 25.0 Å². The van der Waals surface area contributed by atoms with Crippen LogP contribution >= 0.6 is 11.8 Å². The largest absolute Gasteiger partial charge is 0.491 e. The van der Waals surface area contributed by atoms with Crippen LogP contribution in [0.1, 0.15) is 64.9 Å². The van der Waals surface area contributed by atoms with E-state index < -0.39 is 0 Å². The second kappa shape index (κ2) is 12.0. The van der Waals surface area contributed by atoms with Crippen molar-refractivity contribution < 1.29 is 19.4 Å². The minimum absolute atomic E-state index is 0.0402. The molecule has 29 heavy (non-hydrogen) atoms. The van der Waals surface area contributed by atoms with Crippen LogP contribution in [0.2, 0.25) is 0 Å². The third kappa shape index (κ3) is 6.61. The van der Waals surface area contributed by atoms with Gasteiger partial charge in [0.15, 0.2) is 0 Å². The molecule has 0 bridgehead atoms. The van der Waals surface area contributed by atoms with E-state index in [2.05, 4.69) is 6.92 Å². The van der Waals surface area contributed by atoms with Gasteiger partial charge in [0.2, 0.25) is 0 Å². The number of aliphatic hydroxyl groups excluding tert-OH is 1. The molecule has 0 radical (unpaired) electrons. The summed E-state index contributed by atoms with van der Waals surface area (Å²) >= 11 is 1.25. The predicted molar refractivity (Wildman–Crippen MR) is 119 cm³/mol. The Hall–Kier alpha value is -1.79. The summed E-state index contributed by atoms with van der Waals surface area (Å²) in [5, 5.41) is 9.20. The smallest absolute Gasteiger partial charge is 0.267 e. The first-order valence-electron chi connectivity index (χ1n) is 10.6. The molecule has 1 aromatic rings. The van der Waals surface area contributed by atoms with Crippen LogP contribution in [0.25, 0.3) is 5.57 Å². The summed E-state index contributed by atoms with van der Waals surface area (Å²) in [6, 6.07) is 7.30. The Balaban J connectivity index is 2.12. The number of hydrogen-bond acceptors (Lipinski definition) is 5. The molecular formula is C23H33NO4S. The highest BCUT2D eigenvalue weighted by atomic mass is 32.2. The van der Waals surface area contributed by atoms with Crippen LogP contribution in [0, 0.1) is 0 Å². The van der Waals surface area contributed by atoms with Gasteiger partial charge < -0.3 is 9.84 Å². The second-order valence-corrected chi connectivity index (χ2v) is 8.60. The fourth-order valence-corrected chi connectivity index (χ4v) is 4.19. The summed E-state index contributed by atoms with van der Waals surface area (Å²) in [5.74, 6) is 0.646. The predicted octanol–water partition coefficient (Wildman–Crippen LogP) is 4.64. The molecule has 0 aromatic heterocycles. The molecule has 1 heterocycles. The van der Waals surface area contributed by atoms with E-state index in [1.165, 1.54) is 35.9 Å². The number of benzene rings is 1. The Morgan fingerprint density at radius 1 is 1.00 bits per heavy atom. The number of unbranched alkanes of at least 4 members (excludes halogenated alkanes) is 5. The van der Waals surface area contributed by atoms with Gasteiger partial charge in [-0.2, -0.15) is 0 Å². The van der Waals surface area contributed by atoms with Crippen LogP contribution in [-0.4, -0.2) is 46.8 Å². The van der Waals surface area contributed by atoms with Crippen molar-refractivity contribution in [3.63, 3.8) is 0 Å². The van der Waals surface area contributed by atoms with Crippen LogP contribution in [0.4, 0.5) is 0 Å². The summed E-state index contributed by atoms with van der Waals surface area (Å²) in [7, 11) is 0. The maximum Gasteiger partial charge on any atom is 0.267 e. The van der Waals surface area contributed by atoms with Crippen LogP contribution in [0.5, 0.6) is 5.75 Å². The van der Waals surface area contributed by atoms with Crippen molar-refractivity contribution in [3.05, 3.63) is 34.7 Å². The van der Waals surface area contributed by atoms with Crippen LogP contribution < -0.4 is 4.74 Å². The minimum atomic E-state index is -0.237. The van der Waals surface area contributed by atoms with Crippen molar-refractivity contribution in [3.8, 4) is 5.75 Å². The molecule has 0 saturated carbocycles. The zero-order valence-electron chi connectivity index (χ0n) is 17.8. The second-order valence-electron chi connectivity index (χ2n) is 7.50. The Bertz CT molecular complexity index is 712. The lowest BCUT2D eigenvalue weighted by atomic mass is 10.1. The minimum Gasteiger partial charge on any atom is -0.491 e. The molecule has 1 aliphatic heterocycles. The monoisotopic (exact) mass is 419 g/mol. The van der Waals surface area contributed by atoms with Gasteiger partial charge in [-0.3, -0.25) is 14.5 Å². The van der Waals surface area contributed by atoms with Gasteiger partial charge >= 0.3 is 0 Å². The fraction of sp³-hybridized carbons (Fsp3) is 0.565. The van der Waals surface area contributed by atoms with E-state index in [1.807, 2.05) is 38.1 Å². The van der Waals surface area contributed by atoms with Crippen molar-refractivity contribution in [2.24, 2.45) is 0 Å². The zero-order valence-corrected chi connectivity index (χ0v) is 18.6. The first kappa shape index (κ1) is 23.5. The maximum absolute atomic E-state index is 13.1. The number of imide groups is 1. The lowest BCUT2D eigenvalue weighted by Crippen LogP contribution is -2.32. The molecule has 0 aliphatic carbocycles. The number of carbonyl (C=O) groups is 2. The Kier molecular flexibility index (Phi) is 9.74. The molecule has 0 atom stereocenters. The van der Waals surface area contributed by atoms with Gasteiger partial charge in [0.1, 0.15) is 5.75 Å². The average Bonchev–Trinajstić information content (AvgIpc) is 2.93. The molecule has 2 amide bonds. The summed E-state index contributed by atoms with van der Waals surface area (Å²) in [6.45, 7) is 6.51. The van der Waals surface area contributed by atoms with Gasteiger partial charge in [0.05, 0.1) is 23.2 Å². The highest BCUT2D eigenvalue weighted by Crippen LogP contribution is 2.36. The van der Waals surface area contributed by atoms with Crippen LogP contribution in [0.15, 0.2) is 29.2 Å². The number of hydrogen-bond donors (Lipinski definition) is 1. The van der Waals surface area contributed by atoms with Crippen molar-refractivity contribution in [2.75, 3.05) is 18.9 Å². The van der Waals surface area contributed by atoms with Crippen LogP contribution in [0.3, 0.4) is 0 Å². The highest BCUT2D eigenvalue weighted by molar-refractivity contribution is 8.04. The number of amides is 2. The average molecular weight is 420 g/mol. The molecule has 160 valence electrons. The third-order valence-corrected chi connectivity index (χ3v) is 5.77. The van der Waals surface area contributed by atoms with Crippen molar-refractivity contribution in [1.29, 1.82) is 0 Å². The Morgan fingerprint density at radius 3 is 2.28 bits per heavy atom. The first-order chi connectivity index (χ1) is 14.0. The van der Waals surface area contributed by atoms with E-state index in [4.69, 9.17) is 4.74 Å². The van der Waals surface area contributed by atoms with Crippen molar-refractivity contribution in [2.45, 2.75) is 65.4 Å². The molecule has 0 fully saturated rings. The molecule has 0 unspecified atom stereocenters. The van der Waals surface area contributed by atoms with E-state index in [9.17, 15) is 14.7 Å². The van der Waals surface area contributed by atoms with E-state index >= 15 is 0 Å². The summed E-state index contributed by atoms with van der Waals surface area (Å²) in [4.78, 5) is 27.8. The third-order valence-electron chi connectivity index (χ3n) is 4.71. The molecular weight excluding hydrogens is 386 g/mol.